The molecule has 9 heteroatoms. The van der Waals surface area contributed by atoms with Crippen LogP contribution in [0, 0.1) is 0 Å². The van der Waals surface area contributed by atoms with Gasteiger partial charge in [0.25, 0.3) is 0 Å². The molecule has 0 saturated carbocycles. The zero-order valence-corrected chi connectivity index (χ0v) is 13.4. The van der Waals surface area contributed by atoms with Crippen molar-refractivity contribution in [3.05, 3.63) is 13.6 Å². The smallest absolute Gasteiger partial charge is 0.321 e. The average Bonchev–Trinajstić information content (AvgIpc) is 2.54. The molecule has 2 N–H and O–H groups in total. The van der Waals surface area contributed by atoms with E-state index in [1.54, 1.807) is 6.92 Å². The molecule has 96 valence electrons. The molecular weight excluding hydrogens is 398 g/mol. The first-order valence-electron chi connectivity index (χ1n) is 4.48. The molecule has 0 aliphatic carbocycles. The van der Waals surface area contributed by atoms with Crippen molar-refractivity contribution in [1.82, 2.24) is 4.72 Å². The van der Waals surface area contributed by atoms with E-state index in [4.69, 9.17) is 5.11 Å². The summed E-state index contributed by atoms with van der Waals surface area (Å²) in [6.45, 7) is 1.60. The third kappa shape index (κ3) is 3.75. The number of rotatable bonds is 5. The fourth-order valence-corrected chi connectivity index (χ4v) is 6.15. The summed E-state index contributed by atoms with van der Waals surface area (Å²) >= 11 is 7.50. The summed E-state index contributed by atoms with van der Waals surface area (Å²) in [6.07, 6.45) is 0.178. The third-order valence-corrected chi connectivity index (χ3v) is 6.15. The van der Waals surface area contributed by atoms with Gasteiger partial charge in [-0.2, -0.15) is 4.72 Å². The number of carboxylic acids is 1. The van der Waals surface area contributed by atoms with Crippen LogP contribution in [0.3, 0.4) is 0 Å². The highest BCUT2D eigenvalue weighted by atomic mass is 79.9. The zero-order valence-electron chi connectivity index (χ0n) is 8.61. The van der Waals surface area contributed by atoms with E-state index in [1.807, 2.05) is 0 Å². The fraction of sp³-hybridized carbons (Fsp3) is 0.375. The third-order valence-electron chi connectivity index (χ3n) is 1.92. The first-order chi connectivity index (χ1) is 7.77. The highest BCUT2D eigenvalue weighted by molar-refractivity contribution is 9.12. The van der Waals surface area contributed by atoms with E-state index in [1.165, 1.54) is 17.4 Å². The molecule has 1 unspecified atom stereocenters. The molecule has 0 aliphatic rings. The second-order valence-electron chi connectivity index (χ2n) is 3.11. The number of hydrogen-bond acceptors (Lipinski definition) is 4. The number of sulfonamides is 1. The molecule has 17 heavy (non-hydrogen) atoms. The van der Waals surface area contributed by atoms with Crippen LogP contribution in [-0.2, 0) is 14.8 Å². The molecule has 0 bridgehead atoms. The quantitative estimate of drug-likeness (QED) is 0.786. The van der Waals surface area contributed by atoms with Crippen LogP contribution in [0.5, 0.6) is 0 Å². The highest BCUT2D eigenvalue weighted by Crippen LogP contribution is 2.34. The molecule has 1 rings (SSSR count). The molecule has 1 heterocycles. The van der Waals surface area contributed by atoms with Crippen LogP contribution >= 0.6 is 43.2 Å². The molecule has 0 saturated heterocycles. The molecule has 0 aromatic carbocycles. The van der Waals surface area contributed by atoms with Gasteiger partial charge in [0.15, 0.2) is 0 Å². The van der Waals surface area contributed by atoms with E-state index in [2.05, 4.69) is 36.6 Å². The maximum absolute atomic E-state index is 11.9. The Hall–Kier alpha value is 0.0400. The van der Waals surface area contributed by atoms with Crippen LogP contribution in [0.4, 0.5) is 0 Å². The Labute approximate surface area is 120 Å². The largest absolute Gasteiger partial charge is 0.480 e. The number of carbonyl (C=O) groups is 1. The number of hydrogen-bond donors (Lipinski definition) is 2. The van der Waals surface area contributed by atoms with Gasteiger partial charge in [-0.1, -0.05) is 6.92 Å². The van der Waals surface area contributed by atoms with Crippen LogP contribution in [0.1, 0.15) is 13.3 Å². The van der Waals surface area contributed by atoms with Gasteiger partial charge < -0.3 is 5.11 Å². The molecule has 1 aromatic rings. The zero-order chi connectivity index (χ0) is 13.2. The van der Waals surface area contributed by atoms with Gasteiger partial charge in [-0.15, -0.1) is 11.3 Å². The molecule has 1 atom stereocenters. The summed E-state index contributed by atoms with van der Waals surface area (Å²) in [5.41, 5.74) is 0. The highest BCUT2D eigenvalue weighted by Gasteiger charge is 2.26. The predicted molar refractivity (Wildman–Crippen MR) is 71.8 cm³/mol. The van der Waals surface area contributed by atoms with Crippen molar-refractivity contribution in [3.8, 4) is 0 Å². The molecule has 1 aromatic heterocycles. The predicted octanol–water partition coefficient (Wildman–Crippen LogP) is 2.41. The van der Waals surface area contributed by atoms with Crippen molar-refractivity contribution in [1.29, 1.82) is 0 Å². The van der Waals surface area contributed by atoms with Crippen molar-refractivity contribution in [2.45, 2.75) is 24.3 Å². The molecule has 0 radical (unpaired) electrons. The maximum atomic E-state index is 11.9. The summed E-state index contributed by atoms with van der Waals surface area (Å²) in [5, 5.41) is 8.81. The second kappa shape index (κ2) is 5.79. The number of aliphatic carboxylic acids is 1. The minimum atomic E-state index is -3.82. The number of thiophene rings is 1. The monoisotopic (exact) mass is 405 g/mol. The number of carboxylic acid groups (broad SMARTS) is 1. The molecule has 0 fully saturated rings. The summed E-state index contributed by atoms with van der Waals surface area (Å²) in [5.74, 6) is -1.19. The van der Waals surface area contributed by atoms with Gasteiger partial charge >= 0.3 is 5.97 Å². The number of nitrogens with one attached hydrogen (secondary N) is 1. The summed E-state index contributed by atoms with van der Waals surface area (Å²) in [4.78, 5) is 10.8. The van der Waals surface area contributed by atoms with Gasteiger partial charge in [0.05, 0.1) is 7.57 Å². The van der Waals surface area contributed by atoms with E-state index in [-0.39, 0.29) is 11.3 Å². The lowest BCUT2D eigenvalue weighted by atomic mass is 10.2. The maximum Gasteiger partial charge on any atom is 0.321 e. The normalized spacial score (nSPS) is 13.6. The Morgan fingerprint density at radius 3 is 2.53 bits per heavy atom. The van der Waals surface area contributed by atoms with Crippen molar-refractivity contribution in [2.75, 3.05) is 0 Å². The van der Waals surface area contributed by atoms with Crippen LogP contribution in [0.2, 0.25) is 0 Å². The Balaban J connectivity index is 3.04. The Morgan fingerprint density at radius 2 is 2.18 bits per heavy atom. The van der Waals surface area contributed by atoms with Crippen LogP contribution in [0.15, 0.2) is 18.5 Å². The average molecular weight is 407 g/mol. The summed E-state index contributed by atoms with van der Waals surface area (Å²) in [7, 11) is -3.82. The van der Waals surface area contributed by atoms with Crippen molar-refractivity contribution in [3.63, 3.8) is 0 Å². The van der Waals surface area contributed by atoms with Crippen LogP contribution in [-0.4, -0.2) is 25.5 Å². The van der Waals surface area contributed by atoms with Crippen molar-refractivity contribution >= 4 is 59.2 Å². The van der Waals surface area contributed by atoms with Gasteiger partial charge in [-0.25, -0.2) is 8.42 Å². The van der Waals surface area contributed by atoms with E-state index in [0.29, 0.717) is 7.57 Å². The van der Waals surface area contributed by atoms with E-state index in [9.17, 15) is 13.2 Å². The van der Waals surface area contributed by atoms with Gasteiger partial charge in [-0.3, -0.25) is 4.79 Å². The molecule has 0 aliphatic heterocycles. The lowest BCUT2D eigenvalue weighted by Gasteiger charge is -2.11. The van der Waals surface area contributed by atoms with Gasteiger partial charge in [0, 0.05) is 0 Å². The van der Waals surface area contributed by atoms with Crippen LogP contribution in [0.25, 0.3) is 0 Å². The van der Waals surface area contributed by atoms with E-state index in [0.717, 1.165) is 0 Å². The minimum Gasteiger partial charge on any atom is -0.480 e. The van der Waals surface area contributed by atoms with Gasteiger partial charge in [0.2, 0.25) is 10.0 Å². The second-order valence-corrected chi connectivity index (χ2v) is 8.54. The van der Waals surface area contributed by atoms with Crippen LogP contribution < -0.4 is 4.72 Å². The van der Waals surface area contributed by atoms with Gasteiger partial charge in [-0.05, 0) is 44.3 Å². The Bertz CT molecular complexity index is 526. The molecule has 5 nitrogen and oxygen atoms in total. The number of halogens is 2. The van der Waals surface area contributed by atoms with Gasteiger partial charge in [0.1, 0.15) is 10.9 Å². The first-order valence-corrected chi connectivity index (χ1v) is 8.36. The Kier molecular flexibility index (Phi) is 5.14. The minimum absolute atomic E-state index is 0.0362. The lowest BCUT2D eigenvalue weighted by molar-refractivity contribution is -0.139. The molecule has 0 amide bonds. The topological polar surface area (TPSA) is 83.5 Å². The standard InChI is InChI=1S/C8H9Br2NO4S2/c1-2-4(8(12)13)11-17(14,15)5-3-6(9)16-7(5)10/h3-4,11H,2H2,1H3,(H,12,13). The van der Waals surface area contributed by atoms with Crippen molar-refractivity contribution in [2.24, 2.45) is 0 Å². The SMILES string of the molecule is CCC(NS(=O)(=O)c1cc(Br)sc1Br)C(=O)O. The molecular formula is C8H9Br2NO4S2. The van der Waals surface area contributed by atoms with E-state index < -0.39 is 22.0 Å². The Morgan fingerprint density at radius 1 is 1.59 bits per heavy atom. The summed E-state index contributed by atoms with van der Waals surface area (Å²) < 4.78 is 27.1. The first kappa shape index (κ1) is 15.1. The summed E-state index contributed by atoms with van der Waals surface area (Å²) in [6, 6.07) is 0.302. The fourth-order valence-electron chi connectivity index (χ4n) is 1.07. The molecule has 0 spiro atoms. The lowest BCUT2D eigenvalue weighted by Crippen LogP contribution is -2.40. The van der Waals surface area contributed by atoms with Crippen molar-refractivity contribution < 1.29 is 18.3 Å². The van der Waals surface area contributed by atoms with E-state index >= 15 is 0 Å².